The maximum atomic E-state index is 12.7. The second kappa shape index (κ2) is 7.77. The summed E-state index contributed by atoms with van der Waals surface area (Å²) < 4.78 is 0. The SMILES string of the molecule is CCN(C(=O)c1ccc(Nc2ccccc2Cl)nn1)c1ccccc1. The van der Waals surface area contributed by atoms with Gasteiger partial charge in [0.2, 0.25) is 0 Å². The van der Waals surface area contributed by atoms with E-state index in [1.54, 1.807) is 23.1 Å². The third-order valence-corrected chi connectivity index (χ3v) is 3.98. The smallest absolute Gasteiger partial charge is 0.278 e. The van der Waals surface area contributed by atoms with Crippen LogP contribution >= 0.6 is 11.6 Å². The van der Waals surface area contributed by atoms with Crippen LogP contribution in [0.5, 0.6) is 0 Å². The zero-order chi connectivity index (χ0) is 17.6. The van der Waals surface area contributed by atoms with Gasteiger partial charge in [0, 0.05) is 12.2 Å². The lowest BCUT2D eigenvalue weighted by atomic mass is 10.2. The molecule has 0 aliphatic carbocycles. The van der Waals surface area contributed by atoms with Gasteiger partial charge in [0.15, 0.2) is 11.5 Å². The average Bonchev–Trinajstić information content (AvgIpc) is 2.66. The molecule has 0 aliphatic rings. The Morgan fingerprint density at radius 2 is 1.72 bits per heavy atom. The minimum Gasteiger partial charge on any atom is -0.338 e. The molecule has 0 atom stereocenters. The molecule has 1 aromatic heterocycles. The zero-order valence-electron chi connectivity index (χ0n) is 13.7. The van der Waals surface area contributed by atoms with Crippen LogP contribution in [0, 0.1) is 0 Å². The number of amides is 1. The van der Waals surface area contributed by atoms with Gasteiger partial charge in [-0.2, -0.15) is 0 Å². The average molecular weight is 353 g/mol. The molecule has 0 spiro atoms. The van der Waals surface area contributed by atoms with Crippen LogP contribution in [0.2, 0.25) is 5.02 Å². The molecule has 0 aliphatic heterocycles. The molecule has 6 heteroatoms. The monoisotopic (exact) mass is 352 g/mol. The van der Waals surface area contributed by atoms with Crippen LogP contribution in [0.1, 0.15) is 17.4 Å². The number of aromatic nitrogens is 2. The Kier molecular flexibility index (Phi) is 5.26. The van der Waals surface area contributed by atoms with Crippen LogP contribution in [0.15, 0.2) is 66.7 Å². The number of carbonyl (C=O) groups is 1. The maximum absolute atomic E-state index is 12.7. The third kappa shape index (κ3) is 3.95. The summed E-state index contributed by atoms with van der Waals surface area (Å²) in [6.07, 6.45) is 0. The molecule has 3 aromatic rings. The summed E-state index contributed by atoms with van der Waals surface area (Å²) in [6, 6.07) is 20.2. The van der Waals surface area contributed by atoms with Gasteiger partial charge in [-0.3, -0.25) is 4.79 Å². The van der Waals surface area contributed by atoms with E-state index in [9.17, 15) is 4.79 Å². The highest BCUT2D eigenvalue weighted by atomic mass is 35.5. The molecule has 126 valence electrons. The highest BCUT2D eigenvalue weighted by Gasteiger charge is 2.17. The Bertz CT molecular complexity index is 853. The Labute approximate surface area is 151 Å². The molecule has 0 bridgehead atoms. The van der Waals surface area contributed by atoms with Crippen molar-refractivity contribution in [3.63, 3.8) is 0 Å². The van der Waals surface area contributed by atoms with E-state index < -0.39 is 0 Å². The van der Waals surface area contributed by atoms with Crippen molar-refractivity contribution < 1.29 is 4.79 Å². The summed E-state index contributed by atoms with van der Waals surface area (Å²) in [5.74, 6) is 0.331. The van der Waals surface area contributed by atoms with E-state index in [1.807, 2.05) is 55.5 Å². The van der Waals surface area contributed by atoms with Gasteiger partial charge in [-0.15, -0.1) is 10.2 Å². The third-order valence-electron chi connectivity index (χ3n) is 3.65. The molecule has 25 heavy (non-hydrogen) atoms. The first kappa shape index (κ1) is 16.9. The van der Waals surface area contributed by atoms with Crippen molar-refractivity contribution in [1.29, 1.82) is 0 Å². The Balaban J connectivity index is 1.77. The van der Waals surface area contributed by atoms with Gasteiger partial charge in [0.05, 0.1) is 10.7 Å². The molecule has 5 nitrogen and oxygen atoms in total. The Morgan fingerprint density at radius 3 is 2.36 bits per heavy atom. The lowest BCUT2D eigenvalue weighted by Crippen LogP contribution is -2.31. The number of benzene rings is 2. The summed E-state index contributed by atoms with van der Waals surface area (Å²) in [4.78, 5) is 14.3. The number of halogens is 1. The predicted molar refractivity (Wildman–Crippen MR) is 101 cm³/mol. The highest BCUT2D eigenvalue weighted by Crippen LogP contribution is 2.23. The molecule has 2 aromatic carbocycles. The number of nitrogens with zero attached hydrogens (tertiary/aromatic N) is 3. The number of carbonyl (C=O) groups excluding carboxylic acids is 1. The van der Waals surface area contributed by atoms with Crippen LogP contribution in [-0.2, 0) is 0 Å². The lowest BCUT2D eigenvalue weighted by Gasteiger charge is -2.20. The van der Waals surface area contributed by atoms with E-state index in [2.05, 4.69) is 15.5 Å². The zero-order valence-corrected chi connectivity index (χ0v) is 14.4. The Hall–Kier alpha value is -2.92. The van der Waals surface area contributed by atoms with Crippen molar-refractivity contribution >= 4 is 34.7 Å². The van der Waals surface area contributed by atoms with Crippen molar-refractivity contribution in [2.45, 2.75) is 6.92 Å². The van der Waals surface area contributed by atoms with Crippen molar-refractivity contribution in [2.75, 3.05) is 16.8 Å². The summed E-state index contributed by atoms with van der Waals surface area (Å²) in [5, 5.41) is 11.8. The standard InChI is InChI=1S/C19H17ClN4O/c1-2-24(14-8-4-3-5-9-14)19(25)17-12-13-18(23-22-17)21-16-11-7-6-10-15(16)20/h3-13H,2H2,1H3,(H,21,23). The molecule has 1 N–H and O–H groups in total. The topological polar surface area (TPSA) is 58.1 Å². The molecular weight excluding hydrogens is 336 g/mol. The van der Waals surface area contributed by atoms with E-state index in [4.69, 9.17) is 11.6 Å². The van der Waals surface area contributed by atoms with Gasteiger partial charge in [-0.05, 0) is 43.3 Å². The molecule has 0 radical (unpaired) electrons. The molecule has 3 rings (SSSR count). The van der Waals surface area contributed by atoms with Crippen molar-refractivity contribution in [3.8, 4) is 0 Å². The van der Waals surface area contributed by atoms with Crippen LogP contribution in [0.25, 0.3) is 0 Å². The van der Waals surface area contributed by atoms with Gasteiger partial charge in [-0.25, -0.2) is 0 Å². The summed E-state index contributed by atoms with van der Waals surface area (Å²) in [5.41, 5.74) is 1.85. The largest absolute Gasteiger partial charge is 0.338 e. The summed E-state index contributed by atoms with van der Waals surface area (Å²) in [6.45, 7) is 2.47. The predicted octanol–water partition coefficient (Wildman–Crippen LogP) is 4.54. The minimum absolute atomic E-state index is 0.189. The highest BCUT2D eigenvalue weighted by molar-refractivity contribution is 6.33. The second-order valence-electron chi connectivity index (χ2n) is 5.29. The van der Waals surface area contributed by atoms with E-state index in [0.717, 1.165) is 11.4 Å². The van der Waals surface area contributed by atoms with E-state index in [-0.39, 0.29) is 11.6 Å². The summed E-state index contributed by atoms with van der Waals surface area (Å²) >= 11 is 6.11. The second-order valence-corrected chi connectivity index (χ2v) is 5.70. The fourth-order valence-electron chi connectivity index (χ4n) is 2.40. The number of anilines is 3. The molecule has 0 fully saturated rings. The number of para-hydroxylation sites is 2. The maximum Gasteiger partial charge on any atom is 0.278 e. The van der Waals surface area contributed by atoms with Gasteiger partial charge >= 0.3 is 0 Å². The minimum atomic E-state index is -0.189. The lowest BCUT2D eigenvalue weighted by molar-refractivity contribution is 0.0982. The van der Waals surface area contributed by atoms with Crippen LogP contribution in [0.4, 0.5) is 17.2 Å². The number of nitrogens with one attached hydrogen (secondary N) is 1. The molecular formula is C19H17ClN4O. The number of rotatable bonds is 5. The molecule has 0 saturated heterocycles. The molecule has 1 amide bonds. The van der Waals surface area contributed by atoms with Crippen molar-refractivity contribution in [3.05, 3.63) is 77.4 Å². The quantitative estimate of drug-likeness (QED) is 0.732. The first-order chi connectivity index (χ1) is 12.2. The number of hydrogen-bond acceptors (Lipinski definition) is 4. The first-order valence-corrected chi connectivity index (χ1v) is 8.29. The summed E-state index contributed by atoms with van der Waals surface area (Å²) in [7, 11) is 0. The van der Waals surface area contributed by atoms with Gasteiger partial charge in [-0.1, -0.05) is 41.9 Å². The van der Waals surface area contributed by atoms with Crippen molar-refractivity contribution in [2.24, 2.45) is 0 Å². The Morgan fingerprint density at radius 1 is 1.00 bits per heavy atom. The molecule has 0 unspecified atom stereocenters. The van der Waals surface area contributed by atoms with Crippen molar-refractivity contribution in [1.82, 2.24) is 10.2 Å². The number of hydrogen-bond donors (Lipinski definition) is 1. The van der Waals surface area contributed by atoms with E-state index >= 15 is 0 Å². The van der Waals surface area contributed by atoms with Gasteiger partial charge in [0.25, 0.3) is 5.91 Å². The van der Waals surface area contributed by atoms with Gasteiger partial charge in [0.1, 0.15) is 0 Å². The van der Waals surface area contributed by atoms with E-state index in [1.165, 1.54) is 0 Å². The normalized spacial score (nSPS) is 10.3. The van der Waals surface area contributed by atoms with Crippen LogP contribution in [-0.4, -0.2) is 22.6 Å². The van der Waals surface area contributed by atoms with Gasteiger partial charge < -0.3 is 10.2 Å². The van der Waals surface area contributed by atoms with Crippen LogP contribution in [0.3, 0.4) is 0 Å². The fourth-order valence-corrected chi connectivity index (χ4v) is 2.59. The fraction of sp³-hybridized carbons (Fsp3) is 0.105. The van der Waals surface area contributed by atoms with E-state index in [0.29, 0.717) is 17.4 Å². The molecule has 1 heterocycles. The molecule has 0 saturated carbocycles. The first-order valence-electron chi connectivity index (χ1n) is 7.91. The van der Waals surface area contributed by atoms with Crippen LogP contribution < -0.4 is 10.2 Å².